The number of methoxy groups -OCH3 is 2. The number of benzene rings is 1. The third kappa shape index (κ3) is 9.52. The van der Waals surface area contributed by atoms with E-state index in [-0.39, 0.29) is 11.9 Å². The smallest absolute Gasteiger partial charge is 0.305 e. The van der Waals surface area contributed by atoms with Gasteiger partial charge in [-0.1, -0.05) is 12.5 Å². The molecule has 0 fully saturated rings. The van der Waals surface area contributed by atoms with Crippen LogP contribution in [0.4, 0.5) is 0 Å². The summed E-state index contributed by atoms with van der Waals surface area (Å²) in [5, 5.41) is 2.87. The number of esters is 1. The Bertz CT molecular complexity index is 539. The van der Waals surface area contributed by atoms with Gasteiger partial charge < -0.3 is 19.5 Å². The van der Waals surface area contributed by atoms with Crippen LogP contribution in [0, 0.1) is 0 Å². The number of carbonyl (C=O) groups is 2. The lowest BCUT2D eigenvalue weighted by Gasteiger charge is -2.07. The van der Waals surface area contributed by atoms with Gasteiger partial charge in [-0.3, -0.25) is 9.59 Å². The molecular formula is C19H27NO5. The first kappa shape index (κ1) is 20.7. The van der Waals surface area contributed by atoms with Crippen LogP contribution in [0.1, 0.15) is 36.0 Å². The molecule has 0 atom stereocenters. The fourth-order valence-corrected chi connectivity index (χ4v) is 2.06. The van der Waals surface area contributed by atoms with Crippen molar-refractivity contribution in [1.29, 1.82) is 0 Å². The molecule has 138 valence electrons. The van der Waals surface area contributed by atoms with E-state index in [1.807, 2.05) is 12.2 Å². The average Bonchev–Trinajstić information content (AvgIpc) is 2.64. The minimum atomic E-state index is -0.194. The topological polar surface area (TPSA) is 73.9 Å². The molecule has 1 aromatic carbocycles. The van der Waals surface area contributed by atoms with Crippen molar-refractivity contribution in [2.24, 2.45) is 0 Å². The maximum absolute atomic E-state index is 12.0. The predicted octanol–water partition coefficient (Wildman–Crippen LogP) is 2.73. The van der Waals surface area contributed by atoms with E-state index >= 15 is 0 Å². The van der Waals surface area contributed by atoms with Gasteiger partial charge in [0.1, 0.15) is 12.4 Å². The van der Waals surface area contributed by atoms with Gasteiger partial charge in [0.2, 0.25) is 0 Å². The second kappa shape index (κ2) is 13.0. The summed E-state index contributed by atoms with van der Waals surface area (Å²) in [6.45, 7) is 1.61. The molecule has 0 saturated carbocycles. The van der Waals surface area contributed by atoms with Crippen LogP contribution in [-0.4, -0.2) is 45.9 Å². The molecule has 25 heavy (non-hydrogen) atoms. The van der Waals surface area contributed by atoms with E-state index in [4.69, 9.17) is 9.47 Å². The molecule has 6 nitrogen and oxygen atoms in total. The first-order valence-electron chi connectivity index (χ1n) is 8.39. The van der Waals surface area contributed by atoms with Gasteiger partial charge >= 0.3 is 5.97 Å². The van der Waals surface area contributed by atoms with Crippen LogP contribution >= 0.6 is 0 Å². The molecule has 1 rings (SSSR count). The Balaban J connectivity index is 2.22. The fourth-order valence-electron chi connectivity index (χ4n) is 2.06. The van der Waals surface area contributed by atoms with Gasteiger partial charge in [0.15, 0.2) is 0 Å². The van der Waals surface area contributed by atoms with Crippen LogP contribution in [0.3, 0.4) is 0 Å². The van der Waals surface area contributed by atoms with E-state index in [9.17, 15) is 9.59 Å². The zero-order valence-electron chi connectivity index (χ0n) is 15.0. The Morgan fingerprint density at radius 1 is 1.00 bits per heavy atom. The van der Waals surface area contributed by atoms with Crippen molar-refractivity contribution in [3.05, 3.63) is 42.0 Å². The lowest BCUT2D eigenvalue weighted by atomic mass is 10.2. The van der Waals surface area contributed by atoms with Crippen LogP contribution in [-0.2, 0) is 14.3 Å². The second-order valence-corrected chi connectivity index (χ2v) is 5.40. The van der Waals surface area contributed by atoms with E-state index < -0.39 is 0 Å². The van der Waals surface area contributed by atoms with Crippen molar-refractivity contribution in [2.75, 3.05) is 34.0 Å². The standard InChI is InChI=1S/C19H27NO5/c1-23-14-6-7-15-25-17-11-9-16(10-12-17)19(22)20-13-5-3-4-8-18(21)24-2/h6-7,9-12H,3-5,8,13-15H2,1-2H3,(H,20,22)/b7-6-. The van der Waals surface area contributed by atoms with E-state index in [1.54, 1.807) is 31.4 Å². The number of nitrogens with one attached hydrogen (secondary N) is 1. The summed E-state index contributed by atoms with van der Waals surface area (Å²) in [5.74, 6) is 0.404. The number of ether oxygens (including phenoxy) is 3. The van der Waals surface area contributed by atoms with Crippen LogP contribution < -0.4 is 10.1 Å². The van der Waals surface area contributed by atoms with Crippen molar-refractivity contribution >= 4 is 11.9 Å². The third-order valence-corrected chi connectivity index (χ3v) is 3.46. The summed E-state index contributed by atoms with van der Waals surface area (Å²) in [6.07, 6.45) is 6.66. The number of hydrogen-bond donors (Lipinski definition) is 1. The van der Waals surface area contributed by atoms with E-state index in [0.717, 1.165) is 19.3 Å². The van der Waals surface area contributed by atoms with Crippen LogP contribution in [0.5, 0.6) is 5.75 Å². The quantitative estimate of drug-likeness (QED) is 0.357. The Morgan fingerprint density at radius 2 is 1.72 bits per heavy atom. The van der Waals surface area contributed by atoms with Gasteiger partial charge in [-0.2, -0.15) is 0 Å². The molecule has 0 aliphatic heterocycles. The first-order valence-corrected chi connectivity index (χ1v) is 8.39. The molecule has 0 aliphatic carbocycles. The maximum atomic E-state index is 12.0. The van der Waals surface area contributed by atoms with E-state index in [1.165, 1.54) is 7.11 Å². The molecule has 0 bridgehead atoms. The molecule has 1 amide bonds. The van der Waals surface area contributed by atoms with Gasteiger partial charge in [-0.25, -0.2) is 0 Å². The van der Waals surface area contributed by atoms with Gasteiger partial charge in [-0.05, 0) is 43.2 Å². The van der Waals surface area contributed by atoms with Gasteiger partial charge in [-0.15, -0.1) is 0 Å². The molecule has 0 unspecified atom stereocenters. The summed E-state index contributed by atoms with van der Waals surface area (Å²) < 4.78 is 15.0. The molecule has 1 N–H and O–H groups in total. The van der Waals surface area contributed by atoms with E-state index in [0.29, 0.717) is 37.5 Å². The molecule has 1 aromatic rings. The van der Waals surface area contributed by atoms with Crippen molar-refractivity contribution in [3.63, 3.8) is 0 Å². The highest BCUT2D eigenvalue weighted by atomic mass is 16.5. The molecule has 0 spiro atoms. The van der Waals surface area contributed by atoms with Crippen molar-refractivity contribution in [1.82, 2.24) is 5.32 Å². The summed E-state index contributed by atoms with van der Waals surface area (Å²) in [7, 11) is 3.02. The molecule has 6 heteroatoms. The second-order valence-electron chi connectivity index (χ2n) is 5.40. The van der Waals surface area contributed by atoms with Gasteiger partial charge in [0.25, 0.3) is 5.91 Å². The third-order valence-electron chi connectivity index (χ3n) is 3.46. The van der Waals surface area contributed by atoms with Gasteiger partial charge in [0.05, 0.1) is 13.7 Å². The summed E-state index contributed by atoms with van der Waals surface area (Å²) in [4.78, 5) is 23.0. The highest BCUT2D eigenvalue weighted by Gasteiger charge is 2.05. The minimum absolute atomic E-state index is 0.112. The molecule has 0 aliphatic rings. The molecule has 0 heterocycles. The number of hydrogen-bond acceptors (Lipinski definition) is 5. The molecule has 0 aromatic heterocycles. The maximum Gasteiger partial charge on any atom is 0.305 e. The lowest BCUT2D eigenvalue weighted by Crippen LogP contribution is -2.24. The molecule has 0 radical (unpaired) electrons. The minimum Gasteiger partial charge on any atom is -0.490 e. The van der Waals surface area contributed by atoms with Crippen molar-refractivity contribution < 1.29 is 23.8 Å². The zero-order chi connectivity index (χ0) is 18.3. The predicted molar refractivity (Wildman–Crippen MR) is 95.8 cm³/mol. The zero-order valence-corrected chi connectivity index (χ0v) is 15.0. The largest absolute Gasteiger partial charge is 0.490 e. The lowest BCUT2D eigenvalue weighted by molar-refractivity contribution is -0.140. The Morgan fingerprint density at radius 3 is 2.40 bits per heavy atom. The van der Waals surface area contributed by atoms with E-state index in [2.05, 4.69) is 10.1 Å². The van der Waals surface area contributed by atoms with Crippen molar-refractivity contribution in [3.8, 4) is 5.75 Å². The summed E-state index contributed by atoms with van der Waals surface area (Å²) in [5.41, 5.74) is 0.594. The molecule has 0 saturated heterocycles. The Labute approximate surface area is 149 Å². The SMILES string of the molecule is COC/C=C\COc1ccc(C(=O)NCCCCCC(=O)OC)cc1. The highest BCUT2D eigenvalue weighted by molar-refractivity contribution is 5.94. The average molecular weight is 349 g/mol. The number of rotatable bonds is 12. The highest BCUT2D eigenvalue weighted by Crippen LogP contribution is 2.12. The summed E-state index contributed by atoms with van der Waals surface area (Å²) in [6, 6.07) is 7.02. The fraction of sp³-hybridized carbons (Fsp3) is 0.474. The first-order chi connectivity index (χ1) is 12.2. The monoisotopic (exact) mass is 349 g/mol. The number of unbranched alkanes of at least 4 members (excludes halogenated alkanes) is 2. The van der Waals surface area contributed by atoms with Gasteiger partial charge in [0, 0.05) is 25.6 Å². The van der Waals surface area contributed by atoms with Crippen LogP contribution in [0.15, 0.2) is 36.4 Å². The number of amides is 1. The van der Waals surface area contributed by atoms with Crippen LogP contribution in [0.25, 0.3) is 0 Å². The van der Waals surface area contributed by atoms with Crippen LogP contribution in [0.2, 0.25) is 0 Å². The van der Waals surface area contributed by atoms with Crippen molar-refractivity contribution in [2.45, 2.75) is 25.7 Å². The Hall–Kier alpha value is -2.34. The normalized spacial score (nSPS) is 10.6. The summed E-state index contributed by atoms with van der Waals surface area (Å²) >= 11 is 0. The molecular weight excluding hydrogens is 322 g/mol. The Kier molecular flexibility index (Phi) is 10.8. The number of carbonyl (C=O) groups excluding carboxylic acids is 2.